The number of aromatic nitrogens is 1. The monoisotopic (exact) mass is 432 g/mol. The number of carboxylic acid groups (broad SMARTS) is 1. The Morgan fingerprint density at radius 1 is 1.20 bits per heavy atom. The number of carbonyl (C=O) groups is 1. The normalized spacial score (nSPS) is 19.3. The minimum Gasteiger partial charge on any atom is -0.489 e. The summed E-state index contributed by atoms with van der Waals surface area (Å²) in [6.07, 6.45) is -3.39. The summed E-state index contributed by atoms with van der Waals surface area (Å²) < 4.78 is 73.2. The van der Waals surface area contributed by atoms with E-state index in [4.69, 9.17) is 9.84 Å². The number of anilines is 1. The summed E-state index contributed by atoms with van der Waals surface area (Å²) in [6.45, 7) is -3.05. The van der Waals surface area contributed by atoms with Gasteiger partial charge in [0.05, 0.1) is 36.6 Å². The Bertz CT molecular complexity index is 859. The Morgan fingerprint density at radius 2 is 1.90 bits per heavy atom. The number of nitrogens with zero attached hydrogens (tertiary/aromatic N) is 2. The lowest BCUT2D eigenvalue weighted by Crippen LogP contribution is -2.34. The summed E-state index contributed by atoms with van der Waals surface area (Å²) in [6, 6.07) is 6.44. The van der Waals surface area contributed by atoms with Gasteiger partial charge >= 0.3 is 18.8 Å². The second-order valence-corrected chi connectivity index (χ2v) is 6.60. The molecule has 2 heterocycles. The highest BCUT2D eigenvalue weighted by molar-refractivity contribution is 5.85. The number of halogens is 5. The lowest BCUT2D eigenvalue weighted by molar-refractivity contribution is -0.137. The lowest BCUT2D eigenvalue weighted by Gasteiger charge is -2.25. The molecule has 0 spiro atoms. The van der Waals surface area contributed by atoms with Gasteiger partial charge in [-0.25, -0.2) is 9.78 Å². The van der Waals surface area contributed by atoms with Crippen molar-refractivity contribution in [1.82, 2.24) is 4.98 Å². The number of alkyl halides is 5. The van der Waals surface area contributed by atoms with Crippen molar-refractivity contribution in [1.29, 1.82) is 0 Å². The summed E-state index contributed by atoms with van der Waals surface area (Å²) in [5, 5.41) is 8.94. The molecule has 1 aromatic carbocycles. The van der Waals surface area contributed by atoms with Crippen LogP contribution in [0.15, 0.2) is 42.6 Å². The second-order valence-electron chi connectivity index (χ2n) is 6.60. The second kappa shape index (κ2) is 8.82. The van der Waals surface area contributed by atoms with Crippen LogP contribution in [-0.2, 0) is 10.9 Å². The van der Waals surface area contributed by atoms with E-state index < -0.39 is 36.5 Å². The zero-order valence-electron chi connectivity index (χ0n) is 15.4. The molecule has 1 aliphatic rings. The molecule has 0 radical (unpaired) electrons. The molecule has 30 heavy (non-hydrogen) atoms. The summed E-state index contributed by atoms with van der Waals surface area (Å²) in [7, 11) is 0. The van der Waals surface area contributed by atoms with Crippen molar-refractivity contribution in [3.8, 4) is 5.75 Å². The van der Waals surface area contributed by atoms with Gasteiger partial charge in [0, 0.05) is 6.42 Å². The number of ether oxygens (including phenoxy) is 2. The van der Waals surface area contributed by atoms with E-state index in [0.29, 0.717) is 5.69 Å². The largest absolute Gasteiger partial charge is 0.489 e. The molecule has 0 amide bonds. The molecule has 0 bridgehead atoms. The Hall–Kier alpha value is -2.95. The average molecular weight is 432 g/mol. The Morgan fingerprint density at radius 3 is 2.43 bits per heavy atom. The van der Waals surface area contributed by atoms with Gasteiger partial charge in [-0.05, 0) is 36.4 Å². The first kappa shape index (κ1) is 21.8. The first-order valence-electron chi connectivity index (χ1n) is 8.83. The number of carboxylic acids is 1. The molecule has 1 fully saturated rings. The number of pyridine rings is 1. The standard InChI is InChI=1S/C19H17F5N2O4/c20-18(21)29-10-13-7-15(30-14-4-1-11(2-5-14)19(22,23)24)9-26(13)12-3-6-16(17(27)28)25-8-12/h1-6,8,13,15,18H,7,9-10H2,(H,27,28)/t13-,15-/m0/s1. The Balaban J connectivity index is 1.73. The van der Waals surface area contributed by atoms with Crippen molar-refractivity contribution in [3.63, 3.8) is 0 Å². The van der Waals surface area contributed by atoms with Gasteiger partial charge in [-0.1, -0.05) is 0 Å². The van der Waals surface area contributed by atoms with E-state index in [1.165, 1.54) is 30.5 Å². The fourth-order valence-corrected chi connectivity index (χ4v) is 3.21. The molecule has 162 valence electrons. The molecule has 1 N–H and O–H groups in total. The minimum absolute atomic E-state index is 0.170. The van der Waals surface area contributed by atoms with Gasteiger partial charge in [0.2, 0.25) is 0 Å². The smallest absolute Gasteiger partial charge is 0.416 e. The van der Waals surface area contributed by atoms with Crippen molar-refractivity contribution in [2.45, 2.75) is 31.4 Å². The van der Waals surface area contributed by atoms with Crippen LogP contribution in [-0.4, -0.2) is 48.0 Å². The minimum atomic E-state index is -4.46. The number of hydrogen-bond donors (Lipinski definition) is 1. The molecule has 0 aliphatic carbocycles. The molecular formula is C19H17F5N2O4. The first-order chi connectivity index (χ1) is 14.1. The molecule has 6 nitrogen and oxygen atoms in total. The van der Waals surface area contributed by atoms with Crippen LogP contribution in [0.2, 0.25) is 0 Å². The number of aromatic carboxylic acids is 1. The van der Waals surface area contributed by atoms with Crippen LogP contribution >= 0.6 is 0 Å². The zero-order valence-corrected chi connectivity index (χ0v) is 15.4. The van der Waals surface area contributed by atoms with Crippen molar-refractivity contribution in [2.24, 2.45) is 0 Å². The fourth-order valence-electron chi connectivity index (χ4n) is 3.21. The van der Waals surface area contributed by atoms with Crippen LogP contribution < -0.4 is 9.64 Å². The molecular weight excluding hydrogens is 415 g/mol. The van der Waals surface area contributed by atoms with Crippen molar-refractivity contribution in [3.05, 3.63) is 53.9 Å². The third-order valence-corrected chi connectivity index (χ3v) is 4.57. The molecule has 11 heteroatoms. The highest BCUT2D eigenvalue weighted by Crippen LogP contribution is 2.32. The van der Waals surface area contributed by atoms with Crippen molar-refractivity contribution >= 4 is 11.7 Å². The van der Waals surface area contributed by atoms with Crippen LogP contribution in [0, 0.1) is 0 Å². The summed E-state index contributed by atoms with van der Waals surface area (Å²) in [5.41, 5.74) is -0.493. The van der Waals surface area contributed by atoms with E-state index >= 15 is 0 Å². The van der Waals surface area contributed by atoms with E-state index in [9.17, 15) is 26.7 Å². The predicted octanol–water partition coefficient (Wildman–Crippen LogP) is 4.06. The highest BCUT2D eigenvalue weighted by atomic mass is 19.4. The molecule has 1 aliphatic heterocycles. The van der Waals surface area contributed by atoms with Crippen molar-refractivity contribution < 1.29 is 41.3 Å². The number of rotatable bonds is 7. The van der Waals surface area contributed by atoms with Gasteiger partial charge < -0.3 is 19.5 Å². The van der Waals surface area contributed by atoms with Crippen molar-refractivity contribution in [2.75, 3.05) is 18.1 Å². The topological polar surface area (TPSA) is 71.9 Å². The van der Waals surface area contributed by atoms with E-state index in [0.717, 1.165) is 12.1 Å². The van der Waals surface area contributed by atoms with Gasteiger partial charge in [0.1, 0.15) is 17.5 Å². The number of benzene rings is 1. The zero-order chi connectivity index (χ0) is 21.9. The maximum Gasteiger partial charge on any atom is 0.416 e. The van der Waals surface area contributed by atoms with Gasteiger partial charge in [-0.3, -0.25) is 0 Å². The van der Waals surface area contributed by atoms with Gasteiger partial charge in [-0.15, -0.1) is 0 Å². The van der Waals surface area contributed by atoms with E-state index in [1.807, 2.05) is 0 Å². The molecule has 1 saturated heterocycles. The van der Waals surface area contributed by atoms with Gasteiger partial charge in [0.15, 0.2) is 0 Å². The Kier molecular flexibility index (Phi) is 6.40. The maximum absolute atomic E-state index is 12.7. The van der Waals surface area contributed by atoms with Crippen LogP contribution in [0.5, 0.6) is 5.75 Å². The molecule has 1 aromatic heterocycles. The third kappa shape index (κ3) is 5.35. The lowest BCUT2D eigenvalue weighted by atomic mass is 10.2. The van der Waals surface area contributed by atoms with Crippen LogP contribution in [0.25, 0.3) is 0 Å². The first-order valence-corrected chi connectivity index (χ1v) is 8.83. The number of hydrogen-bond acceptors (Lipinski definition) is 5. The van der Waals surface area contributed by atoms with E-state index in [1.54, 1.807) is 4.90 Å². The predicted molar refractivity (Wildman–Crippen MR) is 94.8 cm³/mol. The summed E-state index contributed by atoms with van der Waals surface area (Å²) in [4.78, 5) is 16.5. The third-order valence-electron chi connectivity index (χ3n) is 4.57. The fraction of sp³-hybridized carbons (Fsp3) is 0.368. The summed E-state index contributed by atoms with van der Waals surface area (Å²) in [5.74, 6) is -0.994. The molecule has 3 rings (SSSR count). The van der Waals surface area contributed by atoms with Crippen LogP contribution in [0.3, 0.4) is 0 Å². The van der Waals surface area contributed by atoms with Gasteiger partial charge in [-0.2, -0.15) is 22.0 Å². The molecule has 2 aromatic rings. The molecule has 0 unspecified atom stereocenters. The average Bonchev–Trinajstić information content (AvgIpc) is 3.08. The van der Waals surface area contributed by atoms with Crippen LogP contribution in [0.4, 0.5) is 27.6 Å². The van der Waals surface area contributed by atoms with E-state index in [-0.39, 0.29) is 31.0 Å². The molecule has 2 atom stereocenters. The highest BCUT2D eigenvalue weighted by Gasteiger charge is 2.35. The maximum atomic E-state index is 12.7. The van der Waals surface area contributed by atoms with Gasteiger partial charge in [0.25, 0.3) is 0 Å². The van der Waals surface area contributed by atoms with Crippen LogP contribution in [0.1, 0.15) is 22.5 Å². The SMILES string of the molecule is O=C(O)c1ccc(N2C[C@@H](Oc3ccc(C(F)(F)F)cc3)C[C@H]2COC(F)F)cn1. The Labute approximate surface area is 167 Å². The molecule has 0 saturated carbocycles. The van der Waals surface area contributed by atoms with E-state index in [2.05, 4.69) is 9.72 Å². The quantitative estimate of drug-likeness (QED) is 0.666. The summed E-state index contributed by atoms with van der Waals surface area (Å²) >= 11 is 0.